The van der Waals surface area contributed by atoms with Gasteiger partial charge in [-0.2, -0.15) is 0 Å². The highest BCUT2D eigenvalue weighted by Gasteiger charge is 2.32. The molecular formula is C15H24N2O2S2. The minimum Gasteiger partial charge on any atom is -0.398 e. The van der Waals surface area contributed by atoms with Crippen LogP contribution >= 0.6 is 11.8 Å². The molecule has 0 saturated carbocycles. The number of nitrogen functional groups attached to an aromatic ring is 1. The molecule has 1 aliphatic heterocycles. The zero-order valence-corrected chi connectivity index (χ0v) is 14.3. The Morgan fingerprint density at radius 2 is 2.10 bits per heavy atom. The Morgan fingerprint density at radius 1 is 1.38 bits per heavy atom. The third kappa shape index (κ3) is 4.37. The van der Waals surface area contributed by atoms with Crippen LogP contribution in [-0.4, -0.2) is 37.3 Å². The first kappa shape index (κ1) is 16.6. The fourth-order valence-corrected chi connectivity index (χ4v) is 5.41. The first-order valence-corrected chi connectivity index (χ1v) is 9.95. The minimum atomic E-state index is -3.14. The Kier molecular flexibility index (Phi) is 5.57. The van der Waals surface area contributed by atoms with E-state index in [-0.39, 0.29) is 5.75 Å². The van der Waals surface area contributed by atoms with Gasteiger partial charge in [0.15, 0.2) is 0 Å². The van der Waals surface area contributed by atoms with Crippen LogP contribution in [0.15, 0.2) is 29.2 Å². The van der Waals surface area contributed by atoms with E-state index in [0.717, 1.165) is 11.3 Å². The molecule has 0 amide bonds. The smallest absolute Gasteiger partial charge is 0.214 e. The van der Waals surface area contributed by atoms with Gasteiger partial charge < -0.3 is 5.73 Å². The maximum atomic E-state index is 12.4. The van der Waals surface area contributed by atoms with Crippen LogP contribution in [-0.2, 0) is 10.0 Å². The Bertz CT molecular complexity index is 573. The van der Waals surface area contributed by atoms with E-state index in [1.165, 1.54) is 11.8 Å². The fourth-order valence-electron chi connectivity index (χ4n) is 2.55. The highest BCUT2D eigenvalue weighted by atomic mass is 32.2. The van der Waals surface area contributed by atoms with Gasteiger partial charge in [0.2, 0.25) is 10.0 Å². The lowest BCUT2D eigenvalue weighted by molar-refractivity contribution is 0.389. The number of benzene rings is 1. The van der Waals surface area contributed by atoms with Crippen molar-refractivity contribution in [3.63, 3.8) is 0 Å². The second-order valence-electron chi connectivity index (χ2n) is 5.85. The summed E-state index contributed by atoms with van der Waals surface area (Å²) in [6.07, 6.45) is 0.982. The topological polar surface area (TPSA) is 63.4 Å². The highest BCUT2D eigenvalue weighted by Crippen LogP contribution is 2.28. The number of nitrogens with two attached hydrogens (primary N) is 1. The number of rotatable bonds is 6. The second kappa shape index (κ2) is 7.03. The molecule has 1 aliphatic rings. The molecule has 1 heterocycles. The average molecular weight is 329 g/mol. The summed E-state index contributed by atoms with van der Waals surface area (Å²) in [5.74, 6) is 1.76. The zero-order chi connectivity index (χ0) is 15.5. The summed E-state index contributed by atoms with van der Waals surface area (Å²) in [6.45, 7) is 5.67. The van der Waals surface area contributed by atoms with Crippen LogP contribution in [0.1, 0.15) is 20.3 Å². The molecule has 1 saturated heterocycles. The highest BCUT2D eigenvalue weighted by molar-refractivity contribution is 8.00. The van der Waals surface area contributed by atoms with Crippen LogP contribution in [0, 0.1) is 11.8 Å². The molecule has 0 aromatic heterocycles. The summed E-state index contributed by atoms with van der Waals surface area (Å²) in [5.41, 5.74) is 6.57. The van der Waals surface area contributed by atoms with E-state index in [9.17, 15) is 8.42 Å². The Labute approximate surface area is 132 Å². The van der Waals surface area contributed by atoms with Crippen LogP contribution in [0.25, 0.3) is 0 Å². The molecule has 0 aliphatic carbocycles. The monoisotopic (exact) mass is 328 g/mol. The number of nitrogens with zero attached hydrogens (tertiary/aromatic N) is 1. The molecule has 2 rings (SSSR count). The predicted molar refractivity (Wildman–Crippen MR) is 89.9 cm³/mol. The molecule has 4 nitrogen and oxygen atoms in total. The third-order valence-electron chi connectivity index (χ3n) is 4.04. The van der Waals surface area contributed by atoms with E-state index in [2.05, 4.69) is 13.8 Å². The molecule has 0 spiro atoms. The Morgan fingerprint density at radius 3 is 2.71 bits per heavy atom. The quantitative estimate of drug-likeness (QED) is 0.644. The summed E-state index contributed by atoms with van der Waals surface area (Å²) in [6, 6.07) is 7.56. The number of anilines is 1. The van der Waals surface area contributed by atoms with Crippen molar-refractivity contribution in [3.8, 4) is 0 Å². The molecule has 1 aromatic rings. The van der Waals surface area contributed by atoms with Crippen molar-refractivity contribution in [3.05, 3.63) is 24.3 Å². The van der Waals surface area contributed by atoms with Gasteiger partial charge in [0, 0.05) is 29.4 Å². The van der Waals surface area contributed by atoms with Crippen molar-refractivity contribution in [2.45, 2.75) is 25.2 Å². The van der Waals surface area contributed by atoms with Crippen LogP contribution in [0.5, 0.6) is 0 Å². The van der Waals surface area contributed by atoms with Crippen LogP contribution in [0.4, 0.5) is 5.69 Å². The van der Waals surface area contributed by atoms with Crippen molar-refractivity contribution >= 4 is 27.5 Å². The van der Waals surface area contributed by atoms with Crippen molar-refractivity contribution < 1.29 is 8.42 Å². The Hall–Kier alpha value is -0.720. The zero-order valence-electron chi connectivity index (χ0n) is 12.7. The van der Waals surface area contributed by atoms with Crippen LogP contribution in [0.3, 0.4) is 0 Å². The second-order valence-corrected chi connectivity index (χ2v) is 9.08. The molecule has 0 radical (unpaired) electrons. The summed E-state index contributed by atoms with van der Waals surface area (Å²) >= 11 is 1.51. The Balaban J connectivity index is 1.86. The van der Waals surface area contributed by atoms with Crippen LogP contribution in [0.2, 0.25) is 0 Å². The first-order valence-electron chi connectivity index (χ1n) is 7.35. The van der Waals surface area contributed by atoms with Gasteiger partial charge in [0.1, 0.15) is 0 Å². The van der Waals surface area contributed by atoms with E-state index >= 15 is 0 Å². The van der Waals surface area contributed by atoms with E-state index in [0.29, 0.717) is 36.4 Å². The van der Waals surface area contributed by atoms with Gasteiger partial charge in [-0.1, -0.05) is 26.0 Å². The molecule has 21 heavy (non-hydrogen) atoms. The summed E-state index contributed by atoms with van der Waals surface area (Å²) in [7, 11) is -3.14. The van der Waals surface area contributed by atoms with Gasteiger partial charge in [0.25, 0.3) is 0 Å². The van der Waals surface area contributed by atoms with Gasteiger partial charge in [-0.05, 0) is 30.4 Å². The summed E-state index contributed by atoms with van der Waals surface area (Å²) in [5, 5.41) is 0. The number of hydrogen-bond donors (Lipinski definition) is 1. The standard InChI is InChI=1S/C15H24N2O2S2/c1-12(2)13-7-8-17(11-13)21(18,19)10-9-20-15-6-4-3-5-14(15)16/h3-6,12-13H,7-11,16H2,1-2H3. The van der Waals surface area contributed by atoms with E-state index < -0.39 is 10.0 Å². The van der Waals surface area contributed by atoms with Crippen molar-refractivity contribution in [1.82, 2.24) is 4.31 Å². The van der Waals surface area contributed by atoms with Crippen molar-refractivity contribution in [2.24, 2.45) is 11.8 Å². The van der Waals surface area contributed by atoms with Gasteiger partial charge in [-0.25, -0.2) is 12.7 Å². The third-order valence-corrected chi connectivity index (χ3v) is 7.23. The SMILES string of the molecule is CC(C)C1CCN(S(=O)(=O)CCSc2ccccc2N)C1. The molecule has 2 N–H and O–H groups in total. The first-order chi connectivity index (χ1) is 9.90. The van der Waals surface area contributed by atoms with E-state index in [1.807, 2.05) is 24.3 Å². The lowest BCUT2D eigenvalue weighted by atomic mass is 9.96. The molecule has 118 valence electrons. The largest absolute Gasteiger partial charge is 0.398 e. The predicted octanol–water partition coefficient (Wildman–Crippen LogP) is 2.67. The molecule has 1 aromatic carbocycles. The van der Waals surface area contributed by atoms with Gasteiger partial charge in [-0.3, -0.25) is 0 Å². The lowest BCUT2D eigenvalue weighted by Crippen LogP contribution is -2.32. The minimum absolute atomic E-state index is 0.177. The number of hydrogen-bond acceptors (Lipinski definition) is 4. The summed E-state index contributed by atoms with van der Waals surface area (Å²) in [4.78, 5) is 0.953. The normalized spacial score (nSPS) is 20.2. The van der Waals surface area contributed by atoms with E-state index in [4.69, 9.17) is 5.73 Å². The van der Waals surface area contributed by atoms with Crippen molar-refractivity contribution in [1.29, 1.82) is 0 Å². The molecule has 1 fully saturated rings. The molecule has 1 atom stereocenters. The van der Waals surface area contributed by atoms with Gasteiger partial charge in [-0.15, -0.1) is 11.8 Å². The van der Waals surface area contributed by atoms with Gasteiger partial charge >= 0.3 is 0 Å². The van der Waals surface area contributed by atoms with Crippen molar-refractivity contribution in [2.75, 3.05) is 30.3 Å². The fraction of sp³-hybridized carbons (Fsp3) is 0.600. The molecular weight excluding hydrogens is 304 g/mol. The van der Waals surface area contributed by atoms with E-state index in [1.54, 1.807) is 4.31 Å². The number of sulfonamides is 1. The average Bonchev–Trinajstić information content (AvgIpc) is 2.91. The maximum absolute atomic E-state index is 12.4. The van der Waals surface area contributed by atoms with Gasteiger partial charge in [0.05, 0.1) is 5.75 Å². The number of thioether (sulfide) groups is 1. The maximum Gasteiger partial charge on any atom is 0.214 e. The molecule has 1 unspecified atom stereocenters. The summed E-state index contributed by atoms with van der Waals surface area (Å²) < 4.78 is 26.4. The van der Waals surface area contributed by atoms with Crippen LogP contribution < -0.4 is 5.73 Å². The lowest BCUT2D eigenvalue weighted by Gasteiger charge is -2.18. The molecule has 0 bridgehead atoms. The molecule has 6 heteroatoms. The number of para-hydroxylation sites is 1.